The summed E-state index contributed by atoms with van der Waals surface area (Å²) in [6.07, 6.45) is 0. The van der Waals surface area contributed by atoms with Gasteiger partial charge in [0.1, 0.15) is 0 Å². The summed E-state index contributed by atoms with van der Waals surface area (Å²) in [6.45, 7) is 0. The van der Waals surface area contributed by atoms with Crippen LogP contribution in [0, 0.1) is 0 Å². The lowest BCUT2D eigenvalue weighted by Crippen LogP contribution is -2.00. The average molecular weight is 797 g/mol. The minimum absolute atomic E-state index is 1.14. The second kappa shape index (κ2) is 12.2. The molecule has 0 atom stereocenters. The van der Waals surface area contributed by atoms with Gasteiger partial charge in [-0.15, -0.1) is 22.7 Å². The first kappa shape index (κ1) is 32.7. The van der Waals surface area contributed by atoms with Gasteiger partial charge < -0.3 is 9.13 Å². The summed E-state index contributed by atoms with van der Waals surface area (Å²) in [5, 5.41) is 15.5. The van der Waals surface area contributed by atoms with Crippen molar-refractivity contribution < 1.29 is 0 Å². The average Bonchev–Trinajstić information content (AvgIpc) is 4.05. The molecule has 4 aromatic heterocycles. The molecule has 14 aromatic rings. The van der Waals surface area contributed by atoms with Crippen molar-refractivity contribution in [2.24, 2.45) is 0 Å². The first-order valence-electron chi connectivity index (χ1n) is 20.5. The molecule has 0 saturated heterocycles. The SMILES string of the molecule is c1ccc2c(-c3cc(-n4c5ccccc5c5c6sc7ccccc7c6ccc54)cc(-n4c5ccccc5c5c6sc7ccccc7c6ccc54)c3)c3ccccc3cc2c1. The lowest BCUT2D eigenvalue weighted by atomic mass is 9.91. The predicted molar refractivity (Wildman–Crippen MR) is 261 cm³/mol. The molecule has 0 saturated carbocycles. The van der Waals surface area contributed by atoms with E-state index in [9.17, 15) is 0 Å². The van der Waals surface area contributed by atoms with Crippen LogP contribution in [-0.4, -0.2) is 9.13 Å². The molecule has 2 nitrogen and oxygen atoms in total. The van der Waals surface area contributed by atoms with E-state index >= 15 is 0 Å². The van der Waals surface area contributed by atoms with Crippen molar-refractivity contribution in [1.29, 1.82) is 0 Å². The molecule has 0 fully saturated rings. The van der Waals surface area contributed by atoms with Crippen LogP contribution in [0.4, 0.5) is 0 Å². The topological polar surface area (TPSA) is 9.86 Å². The number of hydrogen-bond acceptors (Lipinski definition) is 2. The van der Waals surface area contributed by atoms with E-state index in [1.54, 1.807) is 0 Å². The van der Waals surface area contributed by atoms with Gasteiger partial charge >= 0.3 is 0 Å². The largest absolute Gasteiger partial charge is 0.309 e. The smallest absolute Gasteiger partial charge is 0.0555 e. The predicted octanol–water partition coefficient (Wildman–Crippen LogP) is 16.6. The normalized spacial score (nSPS) is 12.3. The lowest BCUT2D eigenvalue weighted by Gasteiger charge is -2.18. The van der Waals surface area contributed by atoms with E-state index in [1.165, 1.54) is 117 Å². The van der Waals surface area contributed by atoms with Crippen LogP contribution in [0.25, 0.3) is 128 Å². The number of rotatable bonds is 3. The van der Waals surface area contributed by atoms with Crippen LogP contribution in [0.5, 0.6) is 0 Å². The van der Waals surface area contributed by atoms with Gasteiger partial charge in [-0.3, -0.25) is 0 Å². The molecule has 278 valence electrons. The van der Waals surface area contributed by atoms with Crippen LogP contribution in [0.15, 0.2) is 194 Å². The second-order valence-corrected chi connectivity index (χ2v) is 18.1. The van der Waals surface area contributed by atoms with Gasteiger partial charge in [0.05, 0.1) is 22.1 Å². The van der Waals surface area contributed by atoms with E-state index in [0.29, 0.717) is 0 Å². The molecule has 60 heavy (non-hydrogen) atoms. The quantitative estimate of drug-likeness (QED) is 0.158. The van der Waals surface area contributed by atoms with Crippen LogP contribution >= 0.6 is 22.7 Å². The van der Waals surface area contributed by atoms with Crippen LogP contribution in [0.1, 0.15) is 0 Å². The molecule has 0 unspecified atom stereocenters. The Morgan fingerprint density at radius 2 is 0.717 bits per heavy atom. The summed E-state index contributed by atoms with van der Waals surface area (Å²) in [6, 6.07) is 72.5. The fourth-order valence-corrected chi connectivity index (χ4v) is 12.9. The highest BCUT2D eigenvalue weighted by molar-refractivity contribution is 7.27. The summed E-state index contributed by atoms with van der Waals surface area (Å²) in [4.78, 5) is 0. The molecular formula is C56H32N2S2. The molecule has 0 amide bonds. The Kier molecular flexibility index (Phi) is 6.62. The lowest BCUT2D eigenvalue weighted by molar-refractivity contribution is 1.14. The molecule has 0 radical (unpaired) electrons. The van der Waals surface area contributed by atoms with Gasteiger partial charge in [-0.25, -0.2) is 0 Å². The molecule has 0 aliphatic heterocycles. The minimum Gasteiger partial charge on any atom is -0.309 e. The van der Waals surface area contributed by atoms with Crippen molar-refractivity contribution in [3.8, 4) is 22.5 Å². The molecule has 10 aromatic carbocycles. The van der Waals surface area contributed by atoms with Crippen LogP contribution in [0.2, 0.25) is 0 Å². The first-order chi connectivity index (χ1) is 29.8. The maximum Gasteiger partial charge on any atom is 0.0555 e. The number of benzene rings is 10. The van der Waals surface area contributed by atoms with E-state index in [2.05, 4.69) is 203 Å². The molecule has 4 heteroatoms. The Hall–Kier alpha value is -7.24. The summed E-state index contributed by atoms with van der Waals surface area (Å²) in [5.41, 5.74) is 9.58. The Labute approximate surface area is 352 Å². The van der Waals surface area contributed by atoms with Gasteiger partial charge in [0.25, 0.3) is 0 Å². The highest BCUT2D eigenvalue weighted by Crippen LogP contribution is 2.47. The van der Waals surface area contributed by atoms with Crippen molar-refractivity contribution in [2.45, 2.75) is 0 Å². The highest BCUT2D eigenvalue weighted by Gasteiger charge is 2.22. The monoisotopic (exact) mass is 796 g/mol. The third kappa shape index (κ3) is 4.41. The van der Waals surface area contributed by atoms with Crippen molar-refractivity contribution in [3.05, 3.63) is 194 Å². The molecule has 0 aliphatic carbocycles. The first-order valence-corrected chi connectivity index (χ1v) is 22.1. The third-order valence-corrected chi connectivity index (χ3v) is 15.2. The standard InChI is InChI=1S/C56H32N2S2/c1-3-15-38-33(13-1)29-34-14-2-4-16-39(34)52(38)35-30-36(57-46-21-9-5-19-44(46)53-48(57)27-25-42-40-17-7-11-23-50(40)59-55(42)53)32-37(31-35)58-47-22-10-6-20-45(47)54-49(58)28-26-43-41-18-8-12-24-51(41)60-56(43)54/h1-32H. The number of fused-ring (bicyclic) bond motifs is 16. The zero-order valence-electron chi connectivity index (χ0n) is 32.2. The van der Waals surface area contributed by atoms with Gasteiger partial charge in [-0.05, 0) is 93.3 Å². The van der Waals surface area contributed by atoms with Crippen molar-refractivity contribution >= 4 is 128 Å². The molecule has 0 spiro atoms. The minimum atomic E-state index is 1.14. The zero-order chi connectivity index (χ0) is 39.1. The summed E-state index contributed by atoms with van der Waals surface area (Å²) >= 11 is 3.81. The van der Waals surface area contributed by atoms with Crippen molar-refractivity contribution in [3.63, 3.8) is 0 Å². The summed E-state index contributed by atoms with van der Waals surface area (Å²) in [7, 11) is 0. The Bertz CT molecular complexity index is 3880. The maximum absolute atomic E-state index is 2.52. The third-order valence-electron chi connectivity index (χ3n) is 12.8. The van der Waals surface area contributed by atoms with Crippen molar-refractivity contribution in [1.82, 2.24) is 9.13 Å². The van der Waals surface area contributed by atoms with E-state index in [4.69, 9.17) is 0 Å². The zero-order valence-corrected chi connectivity index (χ0v) is 33.8. The van der Waals surface area contributed by atoms with E-state index in [0.717, 1.165) is 11.4 Å². The van der Waals surface area contributed by atoms with Gasteiger partial charge in [-0.2, -0.15) is 0 Å². The van der Waals surface area contributed by atoms with Gasteiger partial charge in [-0.1, -0.05) is 133 Å². The Morgan fingerprint density at radius 3 is 1.22 bits per heavy atom. The highest BCUT2D eigenvalue weighted by atomic mass is 32.1. The van der Waals surface area contributed by atoms with E-state index in [-0.39, 0.29) is 0 Å². The number of nitrogens with zero attached hydrogens (tertiary/aromatic N) is 2. The fourth-order valence-electron chi connectivity index (χ4n) is 10.3. The van der Waals surface area contributed by atoms with Crippen LogP contribution in [-0.2, 0) is 0 Å². The molecule has 0 aliphatic rings. The Balaban J connectivity index is 1.15. The van der Waals surface area contributed by atoms with Crippen LogP contribution < -0.4 is 0 Å². The second-order valence-electron chi connectivity index (χ2n) is 16.0. The van der Waals surface area contributed by atoms with Gasteiger partial charge in [0.2, 0.25) is 0 Å². The maximum atomic E-state index is 2.52. The van der Waals surface area contributed by atoms with Gasteiger partial charge in [0, 0.05) is 73.3 Å². The molecule has 14 rings (SSSR count). The molecular weight excluding hydrogens is 765 g/mol. The number of thiophene rings is 2. The van der Waals surface area contributed by atoms with Gasteiger partial charge in [0.15, 0.2) is 0 Å². The summed E-state index contributed by atoms with van der Waals surface area (Å²) < 4.78 is 10.4. The number of aromatic nitrogens is 2. The fraction of sp³-hybridized carbons (Fsp3) is 0. The Morgan fingerprint density at radius 1 is 0.300 bits per heavy atom. The number of hydrogen-bond donors (Lipinski definition) is 0. The van der Waals surface area contributed by atoms with E-state index < -0.39 is 0 Å². The number of para-hydroxylation sites is 2. The molecule has 4 heterocycles. The summed E-state index contributed by atoms with van der Waals surface area (Å²) in [5.74, 6) is 0. The molecule has 0 N–H and O–H groups in total. The van der Waals surface area contributed by atoms with Crippen LogP contribution in [0.3, 0.4) is 0 Å². The van der Waals surface area contributed by atoms with Crippen molar-refractivity contribution in [2.75, 3.05) is 0 Å². The van der Waals surface area contributed by atoms with E-state index in [1.807, 2.05) is 22.7 Å². The molecule has 0 bridgehead atoms.